The van der Waals surface area contributed by atoms with Crippen LogP contribution in [0.15, 0.2) is 21.5 Å². The van der Waals surface area contributed by atoms with E-state index in [1.54, 1.807) is 6.07 Å². The van der Waals surface area contributed by atoms with Crippen molar-refractivity contribution >= 4 is 35.8 Å². The lowest BCUT2D eigenvalue weighted by Crippen LogP contribution is -2.42. The van der Waals surface area contributed by atoms with Crippen LogP contribution in [0.4, 0.5) is 0 Å². The molecule has 1 atom stereocenters. The van der Waals surface area contributed by atoms with E-state index in [2.05, 4.69) is 22.1 Å². The third-order valence-corrected chi connectivity index (χ3v) is 3.73. The molecule has 22 heavy (non-hydrogen) atoms. The lowest BCUT2D eigenvalue weighted by Gasteiger charge is -2.23. The third kappa shape index (κ3) is 5.16. The van der Waals surface area contributed by atoms with Crippen molar-refractivity contribution in [3.63, 3.8) is 0 Å². The van der Waals surface area contributed by atoms with Crippen molar-refractivity contribution in [2.24, 2.45) is 16.5 Å². The molecule has 124 valence electrons. The molecule has 8 heteroatoms. The summed E-state index contributed by atoms with van der Waals surface area (Å²) >= 11 is 0. The van der Waals surface area contributed by atoms with E-state index in [-0.39, 0.29) is 36.3 Å². The van der Waals surface area contributed by atoms with Gasteiger partial charge in [-0.25, -0.2) is 4.99 Å². The van der Waals surface area contributed by atoms with Crippen molar-refractivity contribution in [3.05, 3.63) is 23.7 Å². The van der Waals surface area contributed by atoms with Gasteiger partial charge in [0.2, 0.25) is 0 Å². The number of guanidine groups is 1. The minimum absolute atomic E-state index is 0. The molecule has 1 fully saturated rings. The number of nitrogens with one attached hydrogen (secondary N) is 1. The molecule has 0 spiro atoms. The molecule has 0 bridgehead atoms. The average molecular weight is 421 g/mol. The lowest BCUT2D eigenvalue weighted by molar-refractivity contribution is 0.0972. The number of amides is 1. The molecule has 2 rings (SSSR count). The Kier molecular flexibility index (Phi) is 7.66. The Hall–Kier alpha value is -1.29. The summed E-state index contributed by atoms with van der Waals surface area (Å²) < 4.78 is 5.23. The van der Waals surface area contributed by atoms with E-state index in [1.807, 2.05) is 0 Å². The second kappa shape index (κ2) is 8.99. The van der Waals surface area contributed by atoms with Crippen LogP contribution in [0.1, 0.15) is 36.1 Å². The van der Waals surface area contributed by atoms with Crippen LogP contribution in [-0.2, 0) is 6.54 Å². The number of carbonyl (C=O) groups excluding carboxylic acids is 1. The number of likely N-dealkylation sites (tertiary alicyclic amines) is 1. The van der Waals surface area contributed by atoms with Gasteiger partial charge in [0.1, 0.15) is 12.3 Å². The van der Waals surface area contributed by atoms with Crippen LogP contribution in [0.5, 0.6) is 0 Å². The van der Waals surface area contributed by atoms with Crippen molar-refractivity contribution in [1.82, 2.24) is 10.2 Å². The van der Waals surface area contributed by atoms with Gasteiger partial charge in [0.25, 0.3) is 5.91 Å². The highest BCUT2D eigenvalue weighted by Gasteiger charge is 2.22. The molecule has 2 heterocycles. The zero-order chi connectivity index (χ0) is 15.2. The molecular formula is C14H24IN5O2. The van der Waals surface area contributed by atoms with Crippen LogP contribution < -0.4 is 16.8 Å². The average Bonchev–Trinajstić information content (AvgIpc) is 3.11. The van der Waals surface area contributed by atoms with E-state index in [0.29, 0.717) is 17.8 Å². The Balaban J connectivity index is 0.00000242. The number of likely N-dealkylation sites (N-methyl/N-ethyl adjacent to an activating group) is 1. The molecule has 5 N–H and O–H groups in total. The van der Waals surface area contributed by atoms with E-state index in [4.69, 9.17) is 15.9 Å². The van der Waals surface area contributed by atoms with Gasteiger partial charge in [0.15, 0.2) is 11.7 Å². The fraction of sp³-hybridized carbons (Fsp3) is 0.571. The summed E-state index contributed by atoms with van der Waals surface area (Å²) in [6.45, 7) is 5.47. The van der Waals surface area contributed by atoms with Gasteiger partial charge in [-0.15, -0.1) is 24.0 Å². The minimum Gasteiger partial charge on any atom is -0.454 e. The fourth-order valence-corrected chi connectivity index (χ4v) is 2.58. The van der Waals surface area contributed by atoms with E-state index in [1.165, 1.54) is 18.9 Å². The molecule has 1 aromatic rings. The summed E-state index contributed by atoms with van der Waals surface area (Å²) in [5.41, 5.74) is 11.0. The smallest absolute Gasteiger partial charge is 0.284 e. The molecule has 0 radical (unpaired) electrons. The number of halogens is 1. The summed E-state index contributed by atoms with van der Waals surface area (Å²) in [7, 11) is 0. The van der Waals surface area contributed by atoms with Crippen molar-refractivity contribution in [1.29, 1.82) is 0 Å². The van der Waals surface area contributed by atoms with Gasteiger partial charge >= 0.3 is 0 Å². The van der Waals surface area contributed by atoms with Gasteiger partial charge in [0, 0.05) is 12.6 Å². The summed E-state index contributed by atoms with van der Waals surface area (Å²) in [5, 5.41) is 3.14. The second-order valence-electron chi connectivity index (χ2n) is 5.14. The van der Waals surface area contributed by atoms with Crippen molar-refractivity contribution in [2.75, 3.05) is 19.6 Å². The van der Waals surface area contributed by atoms with Gasteiger partial charge in [0.05, 0.1) is 0 Å². The maximum Gasteiger partial charge on any atom is 0.284 e. The summed E-state index contributed by atoms with van der Waals surface area (Å²) in [5.74, 6) is 0.494. The van der Waals surface area contributed by atoms with Crippen LogP contribution in [0.25, 0.3) is 0 Å². The normalized spacial score (nSPS) is 19.0. The van der Waals surface area contributed by atoms with Crippen LogP contribution >= 0.6 is 24.0 Å². The highest BCUT2D eigenvalue weighted by molar-refractivity contribution is 14.0. The highest BCUT2D eigenvalue weighted by Crippen LogP contribution is 2.15. The molecule has 1 aliphatic rings. The Bertz CT molecular complexity index is 517. The first-order chi connectivity index (χ1) is 10.1. The largest absolute Gasteiger partial charge is 0.454 e. The number of carbonyl (C=O) groups is 1. The Morgan fingerprint density at radius 1 is 1.50 bits per heavy atom. The first kappa shape index (κ1) is 18.8. The minimum atomic E-state index is -0.586. The van der Waals surface area contributed by atoms with Crippen molar-refractivity contribution < 1.29 is 9.21 Å². The van der Waals surface area contributed by atoms with Gasteiger partial charge in [-0.05, 0) is 38.1 Å². The Morgan fingerprint density at radius 3 is 2.91 bits per heavy atom. The molecule has 7 nitrogen and oxygen atoms in total. The number of nitrogens with two attached hydrogens (primary N) is 2. The topological polar surface area (TPSA) is 110 Å². The summed E-state index contributed by atoms with van der Waals surface area (Å²) in [4.78, 5) is 17.5. The maximum absolute atomic E-state index is 10.9. The van der Waals surface area contributed by atoms with Crippen LogP contribution in [0.3, 0.4) is 0 Å². The summed E-state index contributed by atoms with van der Waals surface area (Å²) in [6.07, 6.45) is 2.42. The van der Waals surface area contributed by atoms with E-state index in [9.17, 15) is 4.79 Å². The van der Waals surface area contributed by atoms with Crippen LogP contribution in [-0.4, -0.2) is 42.4 Å². The Labute approximate surface area is 147 Å². The van der Waals surface area contributed by atoms with E-state index >= 15 is 0 Å². The van der Waals surface area contributed by atoms with Crippen LogP contribution in [0, 0.1) is 0 Å². The quantitative estimate of drug-likeness (QED) is 0.359. The monoisotopic (exact) mass is 421 g/mol. The predicted octanol–water partition coefficient (Wildman–Crippen LogP) is 0.885. The maximum atomic E-state index is 10.9. The molecule has 1 aromatic heterocycles. The van der Waals surface area contributed by atoms with Crippen molar-refractivity contribution in [3.8, 4) is 0 Å². The van der Waals surface area contributed by atoms with Gasteiger partial charge < -0.3 is 21.2 Å². The molecule has 0 aromatic carbocycles. The number of primary amides is 1. The molecule has 1 saturated heterocycles. The molecule has 1 aliphatic heterocycles. The first-order valence-corrected chi connectivity index (χ1v) is 7.26. The molecule has 1 amide bonds. The van der Waals surface area contributed by atoms with Gasteiger partial charge in [-0.2, -0.15) is 0 Å². The van der Waals surface area contributed by atoms with Crippen LogP contribution in [0.2, 0.25) is 0 Å². The molecule has 0 saturated carbocycles. The number of hydrogen-bond donors (Lipinski definition) is 3. The second-order valence-corrected chi connectivity index (χ2v) is 5.14. The van der Waals surface area contributed by atoms with Gasteiger partial charge in [-0.1, -0.05) is 6.92 Å². The number of rotatable bonds is 6. The van der Waals surface area contributed by atoms with Crippen molar-refractivity contribution in [2.45, 2.75) is 32.4 Å². The summed E-state index contributed by atoms with van der Waals surface area (Å²) in [6, 6.07) is 3.73. The molecule has 0 aliphatic carbocycles. The number of nitrogens with zero attached hydrogens (tertiary/aromatic N) is 2. The SMILES string of the molecule is CCN1CCCC1CNC(N)=NCc1ccc(C(N)=O)o1.I. The number of aliphatic imine (C=N–C) groups is 1. The number of furan rings is 1. The predicted molar refractivity (Wildman–Crippen MR) is 96.2 cm³/mol. The Morgan fingerprint density at radius 2 is 2.27 bits per heavy atom. The van der Waals surface area contributed by atoms with Gasteiger partial charge in [-0.3, -0.25) is 9.69 Å². The fourth-order valence-electron chi connectivity index (χ4n) is 2.58. The molecular weight excluding hydrogens is 397 g/mol. The zero-order valence-corrected chi connectivity index (χ0v) is 15.1. The number of hydrogen-bond acceptors (Lipinski definition) is 4. The van der Waals surface area contributed by atoms with E-state index < -0.39 is 5.91 Å². The highest BCUT2D eigenvalue weighted by atomic mass is 127. The lowest BCUT2D eigenvalue weighted by atomic mass is 10.2. The standard InChI is InChI=1S/C14H23N5O2.HI/c1-2-19-7-3-4-10(19)8-17-14(16)18-9-11-5-6-12(21-11)13(15)20;/h5-6,10H,2-4,7-9H2,1H3,(H2,15,20)(H3,16,17,18);1H. The molecule has 1 unspecified atom stereocenters. The zero-order valence-electron chi connectivity index (χ0n) is 12.7. The van der Waals surface area contributed by atoms with E-state index in [0.717, 1.165) is 19.6 Å². The third-order valence-electron chi connectivity index (χ3n) is 3.73. The first-order valence-electron chi connectivity index (χ1n) is 7.26.